The average Bonchev–Trinajstić information content (AvgIpc) is 2.38. The predicted molar refractivity (Wildman–Crippen MR) is 72.3 cm³/mol. The zero-order valence-corrected chi connectivity index (χ0v) is 11.5. The van der Waals surface area contributed by atoms with Gasteiger partial charge in [-0.1, -0.05) is 11.6 Å². The molecule has 1 aromatic rings. The minimum atomic E-state index is -0.215. The van der Waals surface area contributed by atoms with Gasteiger partial charge < -0.3 is 14.6 Å². The molecule has 2 aliphatic heterocycles. The number of fused-ring (bicyclic) bond motifs is 1. The van der Waals surface area contributed by atoms with Crippen molar-refractivity contribution in [3.8, 4) is 5.75 Å². The highest BCUT2D eigenvalue weighted by Crippen LogP contribution is 2.32. The Morgan fingerprint density at radius 1 is 1.42 bits per heavy atom. The van der Waals surface area contributed by atoms with E-state index in [1.165, 1.54) is 0 Å². The number of ether oxygens (including phenoxy) is 2. The molecule has 0 saturated carbocycles. The quantitative estimate of drug-likeness (QED) is 0.903. The van der Waals surface area contributed by atoms with Gasteiger partial charge in [-0.25, -0.2) is 0 Å². The minimum absolute atomic E-state index is 0.215. The topological polar surface area (TPSA) is 41.9 Å². The molecule has 104 valence electrons. The van der Waals surface area contributed by atoms with Crippen molar-refractivity contribution >= 4 is 11.6 Å². The van der Waals surface area contributed by atoms with Crippen molar-refractivity contribution in [3.05, 3.63) is 28.3 Å². The number of rotatable bonds is 2. The molecular formula is C14H18ClNO3. The lowest BCUT2D eigenvalue weighted by atomic mass is 10.0. The third kappa shape index (κ3) is 3.03. The van der Waals surface area contributed by atoms with E-state index in [1.807, 2.05) is 12.1 Å². The lowest BCUT2D eigenvalue weighted by molar-refractivity contribution is -0.0178. The minimum Gasteiger partial charge on any atom is -0.467 e. The first-order valence-electron chi connectivity index (χ1n) is 6.64. The maximum atomic E-state index is 9.73. The van der Waals surface area contributed by atoms with Crippen LogP contribution in [0.3, 0.4) is 0 Å². The standard InChI is InChI=1S/C14H18ClNO3/c15-12-4-10(6-16-3-1-2-13(17)7-16)14-11(5-12)8-18-9-19-14/h4-5,13,17H,1-3,6-9H2. The molecule has 0 spiro atoms. The molecule has 0 bridgehead atoms. The van der Waals surface area contributed by atoms with Gasteiger partial charge in [0, 0.05) is 29.2 Å². The Bertz CT molecular complexity index is 466. The van der Waals surface area contributed by atoms with E-state index in [2.05, 4.69) is 4.90 Å². The van der Waals surface area contributed by atoms with Crippen LogP contribution < -0.4 is 4.74 Å². The van der Waals surface area contributed by atoms with Crippen molar-refractivity contribution in [2.24, 2.45) is 0 Å². The van der Waals surface area contributed by atoms with Crippen molar-refractivity contribution in [1.82, 2.24) is 4.90 Å². The average molecular weight is 284 g/mol. The molecule has 1 fully saturated rings. The zero-order valence-electron chi connectivity index (χ0n) is 10.8. The van der Waals surface area contributed by atoms with Crippen LogP contribution in [0.4, 0.5) is 0 Å². The van der Waals surface area contributed by atoms with Gasteiger partial charge in [0.1, 0.15) is 5.75 Å². The van der Waals surface area contributed by atoms with Gasteiger partial charge in [-0.05, 0) is 31.5 Å². The number of halogens is 1. The summed E-state index contributed by atoms with van der Waals surface area (Å²) in [6.45, 7) is 3.34. The van der Waals surface area contributed by atoms with Crippen LogP contribution in [0.5, 0.6) is 5.75 Å². The van der Waals surface area contributed by atoms with Gasteiger partial charge in [0.2, 0.25) is 0 Å². The largest absolute Gasteiger partial charge is 0.467 e. The fraction of sp³-hybridized carbons (Fsp3) is 0.571. The number of benzene rings is 1. The number of β-amino-alcohol motifs (C(OH)–C–C–N with tert-alkyl or cyclic N) is 1. The maximum absolute atomic E-state index is 9.73. The second-order valence-electron chi connectivity index (χ2n) is 5.19. The molecule has 4 nitrogen and oxygen atoms in total. The summed E-state index contributed by atoms with van der Waals surface area (Å²) in [5.74, 6) is 0.899. The van der Waals surface area contributed by atoms with Crippen LogP contribution in [0.1, 0.15) is 24.0 Å². The number of hydrogen-bond acceptors (Lipinski definition) is 4. The van der Waals surface area contributed by atoms with Gasteiger partial charge in [0.05, 0.1) is 12.7 Å². The van der Waals surface area contributed by atoms with Crippen molar-refractivity contribution < 1.29 is 14.6 Å². The molecule has 2 aliphatic rings. The first-order valence-corrected chi connectivity index (χ1v) is 7.02. The van der Waals surface area contributed by atoms with Crippen LogP contribution in [0.25, 0.3) is 0 Å². The molecule has 5 heteroatoms. The van der Waals surface area contributed by atoms with Gasteiger partial charge in [-0.15, -0.1) is 0 Å². The number of likely N-dealkylation sites (tertiary alicyclic amines) is 1. The fourth-order valence-corrected chi connectivity index (χ4v) is 3.05. The van der Waals surface area contributed by atoms with Crippen molar-refractivity contribution in [2.45, 2.75) is 32.1 Å². The molecule has 3 rings (SSSR count). The molecule has 1 saturated heterocycles. The van der Waals surface area contributed by atoms with Crippen molar-refractivity contribution in [3.63, 3.8) is 0 Å². The highest BCUT2D eigenvalue weighted by atomic mass is 35.5. The summed E-state index contributed by atoms with van der Waals surface area (Å²) < 4.78 is 10.9. The second kappa shape index (κ2) is 5.67. The van der Waals surface area contributed by atoms with E-state index in [9.17, 15) is 5.11 Å². The van der Waals surface area contributed by atoms with Crippen LogP contribution in [0.2, 0.25) is 5.02 Å². The van der Waals surface area contributed by atoms with Crippen LogP contribution in [0, 0.1) is 0 Å². The third-order valence-electron chi connectivity index (χ3n) is 3.63. The summed E-state index contributed by atoms with van der Waals surface area (Å²) in [5.41, 5.74) is 2.09. The molecule has 0 aliphatic carbocycles. The summed E-state index contributed by atoms with van der Waals surface area (Å²) in [6.07, 6.45) is 1.72. The van der Waals surface area contributed by atoms with E-state index in [0.29, 0.717) is 18.4 Å². The van der Waals surface area contributed by atoms with E-state index in [0.717, 1.165) is 49.4 Å². The molecule has 1 unspecified atom stereocenters. The fourth-order valence-electron chi connectivity index (χ4n) is 2.79. The molecule has 1 N–H and O–H groups in total. The summed E-state index contributed by atoms with van der Waals surface area (Å²) in [5, 5.41) is 10.4. The molecule has 2 heterocycles. The van der Waals surface area contributed by atoms with Crippen molar-refractivity contribution in [1.29, 1.82) is 0 Å². The van der Waals surface area contributed by atoms with Gasteiger partial charge >= 0.3 is 0 Å². The maximum Gasteiger partial charge on any atom is 0.189 e. The Kier molecular flexibility index (Phi) is 3.93. The molecule has 0 radical (unpaired) electrons. The summed E-state index contributed by atoms with van der Waals surface area (Å²) >= 11 is 6.15. The Labute approximate surface area is 117 Å². The predicted octanol–water partition coefficient (Wildman–Crippen LogP) is 2.16. The van der Waals surface area contributed by atoms with E-state index in [1.54, 1.807) is 0 Å². The molecular weight excluding hydrogens is 266 g/mol. The molecule has 1 atom stereocenters. The monoisotopic (exact) mass is 283 g/mol. The number of aliphatic hydroxyl groups is 1. The van der Waals surface area contributed by atoms with Gasteiger partial charge in [-0.2, -0.15) is 0 Å². The molecule has 1 aromatic carbocycles. The first-order chi connectivity index (χ1) is 9.22. The Morgan fingerprint density at radius 3 is 3.16 bits per heavy atom. The Hall–Kier alpha value is -0.810. The van der Waals surface area contributed by atoms with Crippen LogP contribution >= 0.6 is 11.6 Å². The van der Waals surface area contributed by atoms with E-state index in [-0.39, 0.29) is 6.10 Å². The smallest absolute Gasteiger partial charge is 0.189 e. The number of aliphatic hydroxyl groups excluding tert-OH is 1. The second-order valence-corrected chi connectivity index (χ2v) is 5.63. The molecule has 0 amide bonds. The van der Waals surface area contributed by atoms with Crippen LogP contribution in [-0.4, -0.2) is 36.0 Å². The number of nitrogens with zero attached hydrogens (tertiary/aromatic N) is 1. The van der Waals surface area contributed by atoms with Gasteiger partial charge in [-0.3, -0.25) is 4.90 Å². The van der Waals surface area contributed by atoms with Gasteiger partial charge in [0.25, 0.3) is 0 Å². The van der Waals surface area contributed by atoms with E-state index >= 15 is 0 Å². The summed E-state index contributed by atoms with van der Waals surface area (Å²) in [7, 11) is 0. The van der Waals surface area contributed by atoms with E-state index < -0.39 is 0 Å². The molecule has 0 aromatic heterocycles. The zero-order chi connectivity index (χ0) is 13.2. The highest BCUT2D eigenvalue weighted by molar-refractivity contribution is 6.30. The highest BCUT2D eigenvalue weighted by Gasteiger charge is 2.21. The SMILES string of the molecule is OC1CCCN(Cc2cc(Cl)cc3c2OCOC3)C1. The van der Waals surface area contributed by atoms with Crippen LogP contribution in [-0.2, 0) is 17.9 Å². The lowest BCUT2D eigenvalue weighted by Gasteiger charge is -2.31. The summed E-state index contributed by atoms with van der Waals surface area (Å²) in [4.78, 5) is 2.25. The first kappa shape index (κ1) is 13.2. The van der Waals surface area contributed by atoms with Crippen LogP contribution in [0.15, 0.2) is 12.1 Å². The lowest BCUT2D eigenvalue weighted by Crippen LogP contribution is -2.37. The molecule has 19 heavy (non-hydrogen) atoms. The Morgan fingerprint density at radius 2 is 2.32 bits per heavy atom. The summed E-state index contributed by atoms with van der Waals surface area (Å²) in [6, 6.07) is 3.84. The number of piperidine rings is 1. The number of hydrogen-bond donors (Lipinski definition) is 1. The van der Waals surface area contributed by atoms with E-state index in [4.69, 9.17) is 21.1 Å². The van der Waals surface area contributed by atoms with Crippen molar-refractivity contribution in [2.75, 3.05) is 19.9 Å². The normalized spacial score (nSPS) is 23.8. The van der Waals surface area contributed by atoms with Gasteiger partial charge in [0.15, 0.2) is 6.79 Å². The Balaban J connectivity index is 1.81. The third-order valence-corrected chi connectivity index (χ3v) is 3.84.